The summed E-state index contributed by atoms with van der Waals surface area (Å²) in [6, 6.07) is 0.538. The zero-order chi connectivity index (χ0) is 12.7. The molecule has 3 aromatic rings. The number of rotatable bonds is 2. The third-order valence-electron chi connectivity index (χ3n) is 3.81. The first kappa shape index (κ1) is 10.7. The van der Waals surface area contributed by atoms with Crippen LogP contribution < -0.4 is 0 Å². The van der Waals surface area contributed by atoms with Crippen LogP contribution in [-0.2, 0) is 0 Å². The Labute approximate surface area is 110 Å². The molecule has 19 heavy (non-hydrogen) atoms. The van der Waals surface area contributed by atoms with Gasteiger partial charge in [-0.3, -0.25) is 4.57 Å². The highest BCUT2D eigenvalue weighted by Crippen LogP contribution is 2.31. The highest BCUT2D eigenvalue weighted by atomic mass is 15.2. The van der Waals surface area contributed by atoms with Crippen LogP contribution in [0.2, 0.25) is 0 Å². The number of aromatic nitrogens is 6. The Bertz CT molecular complexity index is 693. The highest BCUT2D eigenvalue weighted by molar-refractivity contribution is 5.78. The second-order valence-corrected chi connectivity index (χ2v) is 4.93. The molecule has 0 spiro atoms. The first-order valence-corrected chi connectivity index (χ1v) is 6.59. The van der Waals surface area contributed by atoms with E-state index in [1.54, 1.807) is 18.9 Å². The van der Waals surface area contributed by atoms with Gasteiger partial charge in [-0.25, -0.2) is 19.9 Å². The monoisotopic (exact) mass is 254 g/mol. The second kappa shape index (κ2) is 4.15. The molecule has 3 heterocycles. The first-order chi connectivity index (χ1) is 9.43. The Morgan fingerprint density at radius 3 is 2.74 bits per heavy atom. The Morgan fingerprint density at radius 2 is 1.95 bits per heavy atom. The molecule has 1 aliphatic carbocycles. The molecule has 0 N–H and O–H groups in total. The lowest BCUT2D eigenvalue weighted by atomic mass is 10.2. The van der Waals surface area contributed by atoms with Crippen LogP contribution in [0, 0.1) is 0 Å². The molecule has 0 radical (unpaired) electrons. The van der Waals surface area contributed by atoms with Gasteiger partial charge in [-0.15, -0.1) is 0 Å². The van der Waals surface area contributed by atoms with Gasteiger partial charge in [0.2, 0.25) is 0 Å². The number of hydrogen-bond donors (Lipinski definition) is 0. The highest BCUT2D eigenvalue weighted by Gasteiger charge is 2.20. The third-order valence-corrected chi connectivity index (χ3v) is 3.81. The number of nitrogens with zero attached hydrogens (tertiary/aromatic N) is 6. The SMILES string of the molecule is c1cn(-c2ncnc3c2ncn3C2CCCC2)cn1. The normalized spacial score (nSPS) is 16.4. The Hall–Kier alpha value is -2.24. The van der Waals surface area contributed by atoms with Crippen molar-refractivity contribution in [1.82, 2.24) is 29.1 Å². The van der Waals surface area contributed by atoms with E-state index in [4.69, 9.17) is 0 Å². The Kier molecular flexibility index (Phi) is 2.33. The van der Waals surface area contributed by atoms with Gasteiger partial charge in [0.15, 0.2) is 17.0 Å². The van der Waals surface area contributed by atoms with Crippen LogP contribution >= 0.6 is 0 Å². The first-order valence-electron chi connectivity index (χ1n) is 6.59. The predicted octanol–water partition coefficient (Wildman–Crippen LogP) is 2.13. The van der Waals surface area contributed by atoms with E-state index in [2.05, 4.69) is 24.5 Å². The van der Waals surface area contributed by atoms with Gasteiger partial charge in [0.1, 0.15) is 12.7 Å². The van der Waals surface area contributed by atoms with Crippen LogP contribution in [0.25, 0.3) is 17.0 Å². The molecule has 1 saturated carbocycles. The lowest BCUT2D eigenvalue weighted by Crippen LogP contribution is -2.05. The van der Waals surface area contributed by atoms with E-state index < -0.39 is 0 Å². The summed E-state index contributed by atoms with van der Waals surface area (Å²) in [4.78, 5) is 17.3. The van der Waals surface area contributed by atoms with Gasteiger partial charge >= 0.3 is 0 Å². The third kappa shape index (κ3) is 1.63. The molecule has 1 fully saturated rings. The molecule has 0 saturated heterocycles. The summed E-state index contributed by atoms with van der Waals surface area (Å²) in [5.74, 6) is 0.791. The van der Waals surface area contributed by atoms with E-state index >= 15 is 0 Å². The minimum atomic E-state index is 0.538. The maximum absolute atomic E-state index is 4.51. The van der Waals surface area contributed by atoms with Crippen molar-refractivity contribution < 1.29 is 0 Å². The van der Waals surface area contributed by atoms with Crippen molar-refractivity contribution in [2.24, 2.45) is 0 Å². The maximum atomic E-state index is 4.51. The molecule has 96 valence electrons. The minimum Gasteiger partial charge on any atom is -0.312 e. The zero-order valence-corrected chi connectivity index (χ0v) is 10.5. The van der Waals surface area contributed by atoms with Crippen molar-refractivity contribution in [2.75, 3.05) is 0 Å². The van der Waals surface area contributed by atoms with Gasteiger partial charge in [0, 0.05) is 18.4 Å². The van der Waals surface area contributed by atoms with E-state index in [9.17, 15) is 0 Å². The molecular weight excluding hydrogens is 240 g/mol. The quantitative estimate of drug-likeness (QED) is 0.702. The van der Waals surface area contributed by atoms with Gasteiger partial charge in [-0.05, 0) is 12.8 Å². The molecule has 0 unspecified atom stereocenters. The maximum Gasteiger partial charge on any atom is 0.169 e. The second-order valence-electron chi connectivity index (χ2n) is 4.93. The van der Waals surface area contributed by atoms with Crippen molar-refractivity contribution in [3.8, 4) is 5.82 Å². The number of hydrogen-bond acceptors (Lipinski definition) is 4. The van der Waals surface area contributed by atoms with Crippen molar-refractivity contribution >= 4 is 11.2 Å². The number of imidazole rings is 2. The van der Waals surface area contributed by atoms with Gasteiger partial charge in [0.05, 0.1) is 6.33 Å². The van der Waals surface area contributed by atoms with Gasteiger partial charge in [-0.2, -0.15) is 0 Å². The summed E-state index contributed by atoms with van der Waals surface area (Å²) in [6.07, 6.45) is 13.9. The van der Waals surface area contributed by atoms with Crippen LogP contribution in [0.5, 0.6) is 0 Å². The molecule has 0 aromatic carbocycles. The van der Waals surface area contributed by atoms with Crippen LogP contribution in [0.1, 0.15) is 31.7 Å². The summed E-state index contributed by atoms with van der Waals surface area (Å²) in [5.41, 5.74) is 1.76. The summed E-state index contributed by atoms with van der Waals surface area (Å²) >= 11 is 0. The molecule has 3 aromatic heterocycles. The van der Waals surface area contributed by atoms with Crippen molar-refractivity contribution in [3.05, 3.63) is 31.4 Å². The lowest BCUT2D eigenvalue weighted by Gasteiger charge is -2.11. The summed E-state index contributed by atoms with van der Waals surface area (Å²) in [6.45, 7) is 0. The predicted molar refractivity (Wildman–Crippen MR) is 70.0 cm³/mol. The minimum absolute atomic E-state index is 0.538. The summed E-state index contributed by atoms with van der Waals surface area (Å²) in [5, 5.41) is 0. The Morgan fingerprint density at radius 1 is 1.05 bits per heavy atom. The van der Waals surface area contributed by atoms with Crippen LogP contribution in [0.15, 0.2) is 31.4 Å². The van der Waals surface area contributed by atoms with Crippen molar-refractivity contribution in [2.45, 2.75) is 31.7 Å². The lowest BCUT2D eigenvalue weighted by molar-refractivity contribution is 0.529. The molecule has 6 heteroatoms. The standard InChI is InChI=1S/C13H14N6/c1-2-4-10(3-1)19-9-17-11-12(15-7-16-13(11)19)18-6-5-14-8-18/h5-10H,1-4H2. The largest absolute Gasteiger partial charge is 0.312 e. The summed E-state index contributed by atoms with van der Waals surface area (Å²) < 4.78 is 4.07. The molecule has 0 amide bonds. The molecular formula is C13H14N6. The molecule has 0 aliphatic heterocycles. The average molecular weight is 254 g/mol. The smallest absolute Gasteiger partial charge is 0.169 e. The van der Waals surface area contributed by atoms with Gasteiger partial charge in [-0.1, -0.05) is 12.8 Å². The van der Waals surface area contributed by atoms with E-state index in [1.807, 2.05) is 17.1 Å². The molecule has 1 aliphatic rings. The molecule has 6 nitrogen and oxygen atoms in total. The molecule has 0 atom stereocenters. The average Bonchev–Trinajstić information content (AvgIpc) is 3.18. The van der Waals surface area contributed by atoms with Crippen molar-refractivity contribution in [3.63, 3.8) is 0 Å². The fourth-order valence-electron chi connectivity index (χ4n) is 2.86. The molecule has 4 rings (SSSR count). The zero-order valence-electron chi connectivity index (χ0n) is 10.5. The fraction of sp³-hybridized carbons (Fsp3) is 0.385. The van der Waals surface area contributed by atoms with Crippen molar-refractivity contribution in [1.29, 1.82) is 0 Å². The van der Waals surface area contributed by atoms with Crippen LogP contribution in [0.4, 0.5) is 0 Å². The number of fused-ring (bicyclic) bond motifs is 1. The van der Waals surface area contributed by atoms with Gasteiger partial charge < -0.3 is 4.57 Å². The van der Waals surface area contributed by atoms with Crippen LogP contribution in [-0.4, -0.2) is 29.1 Å². The van der Waals surface area contributed by atoms with Crippen LogP contribution in [0.3, 0.4) is 0 Å². The van der Waals surface area contributed by atoms with Gasteiger partial charge in [0.25, 0.3) is 0 Å². The summed E-state index contributed by atoms with van der Waals surface area (Å²) in [7, 11) is 0. The van der Waals surface area contributed by atoms with E-state index in [0.29, 0.717) is 6.04 Å². The fourth-order valence-corrected chi connectivity index (χ4v) is 2.86. The topological polar surface area (TPSA) is 61.4 Å². The van der Waals surface area contributed by atoms with E-state index in [1.165, 1.54) is 25.7 Å². The van der Waals surface area contributed by atoms with E-state index in [0.717, 1.165) is 17.0 Å². The Balaban J connectivity index is 1.89. The van der Waals surface area contributed by atoms with E-state index in [-0.39, 0.29) is 0 Å². The molecule has 0 bridgehead atoms.